The van der Waals surface area contributed by atoms with Crippen LogP contribution in [0.4, 0.5) is 0 Å². The number of hydrogen-bond donors (Lipinski definition) is 0. The molecule has 0 aliphatic carbocycles. The molecule has 1 aromatic heterocycles. The number of carbonyl (C=O) groups is 2. The lowest BCUT2D eigenvalue weighted by Crippen LogP contribution is -2.08. The molecule has 86 valence electrons. The molecule has 0 aromatic carbocycles. The number of esters is 2. The van der Waals surface area contributed by atoms with Crippen molar-refractivity contribution < 1.29 is 23.5 Å². The maximum atomic E-state index is 11.5. The van der Waals surface area contributed by atoms with Crippen molar-refractivity contribution in [2.24, 2.45) is 0 Å². The van der Waals surface area contributed by atoms with Crippen LogP contribution in [0, 0.1) is 6.92 Å². The number of hydrogen-bond acceptors (Lipinski definition) is 5. The topological polar surface area (TPSA) is 65.7 Å². The summed E-state index contributed by atoms with van der Waals surface area (Å²) in [6.45, 7) is 5.18. The van der Waals surface area contributed by atoms with Crippen LogP contribution < -0.4 is 0 Å². The third-order valence-corrected chi connectivity index (χ3v) is 2.07. The molecule has 1 aromatic rings. The Bertz CT molecular complexity index is 441. The van der Waals surface area contributed by atoms with Crippen LogP contribution in [0.3, 0.4) is 0 Å². The molecule has 0 aliphatic rings. The Morgan fingerprint density at radius 2 is 1.94 bits per heavy atom. The van der Waals surface area contributed by atoms with Gasteiger partial charge in [-0.3, -0.25) is 0 Å². The largest absolute Gasteiger partial charge is 0.465 e. The van der Waals surface area contributed by atoms with Gasteiger partial charge in [-0.25, -0.2) is 9.59 Å². The van der Waals surface area contributed by atoms with Gasteiger partial charge in [0.1, 0.15) is 5.56 Å². The summed E-state index contributed by atoms with van der Waals surface area (Å²) in [6, 6.07) is 0. The van der Waals surface area contributed by atoms with Gasteiger partial charge in [-0.15, -0.1) is 0 Å². The van der Waals surface area contributed by atoms with Gasteiger partial charge < -0.3 is 13.9 Å². The van der Waals surface area contributed by atoms with Crippen LogP contribution >= 0.6 is 0 Å². The smallest absolute Gasteiger partial charge is 0.342 e. The molecule has 0 saturated carbocycles. The molecule has 16 heavy (non-hydrogen) atoms. The number of methoxy groups -OCH3 is 2. The van der Waals surface area contributed by atoms with E-state index in [1.165, 1.54) is 20.5 Å². The second-order valence-corrected chi connectivity index (χ2v) is 3.08. The fourth-order valence-electron chi connectivity index (χ4n) is 1.24. The van der Waals surface area contributed by atoms with E-state index in [0.717, 1.165) is 0 Å². The van der Waals surface area contributed by atoms with E-state index >= 15 is 0 Å². The standard InChI is InChI=1S/C11H12O5/c1-6-5-16-9(7(2)10(12)14-3)8(6)11(13)15-4/h5H,2H2,1,3-4H3. The summed E-state index contributed by atoms with van der Waals surface area (Å²) in [5, 5.41) is 0. The molecule has 0 aliphatic heterocycles. The predicted molar refractivity (Wildman–Crippen MR) is 55.8 cm³/mol. The van der Waals surface area contributed by atoms with Crippen molar-refractivity contribution in [3.63, 3.8) is 0 Å². The first-order chi connectivity index (χ1) is 7.52. The van der Waals surface area contributed by atoms with E-state index in [1.807, 2.05) is 0 Å². The maximum absolute atomic E-state index is 11.5. The first-order valence-electron chi connectivity index (χ1n) is 4.47. The van der Waals surface area contributed by atoms with Gasteiger partial charge in [0.05, 0.1) is 26.1 Å². The van der Waals surface area contributed by atoms with Crippen molar-refractivity contribution in [1.82, 2.24) is 0 Å². The van der Waals surface area contributed by atoms with E-state index in [0.29, 0.717) is 5.56 Å². The number of aryl methyl sites for hydroxylation is 1. The van der Waals surface area contributed by atoms with Crippen molar-refractivity contribution >= 4 is 17.5 Å². The molecule has 5 nitrogen and oxygen atoms in total. The predicted octanol–water partition coefficient (Wildman–Crippen LogP) is 1.56. The van der Waals surface area contributed by atoms with Crippen molar-refractivity contribution in [3.8, 4) is 0 Å². The van der Waals surface area contributed by atoms with Gasteiger partial charge in [0.15, 0.2) is 5.76 Å². The van der Waals surface area contributed by atoms with Gasteiger partial charge in [0.2, 0.25) is 0 Å². The van der Waals surface area contributed by atoms with E-state index < -0.39 is 11.9 Å². The molecule has 0 bridgehead atoms. The van der Waals surface area contributed by atoms with Crippen molar-refractivity contribution in [2.45, 2.75) is 6.92 Å². The average Bonchev–Trinajstić information content (AvgIpc) is 2.68. The number of ether oxygens (including phenoxy) is 2. The zero-order chi connectivity index (χ0) is 12.3. The third-order valence-electron chi connectivity index (χ3n) is 2.07. The van der Waals surface area contributed by atoms with Crippen LogP contribution in [0.5, 0.6) is 0 Å². The lowest BCUT2D eigenvalue weighted by molar-refractivity contribution is -0.133. The quantitative estimate of drug-likeness (QED) is 0.575. The Balaban J connectivity index is 3.20. The van der Waals surface area contributed by atoms with Crippen molar-refractivity contribution in [2.75, 3.05) is 14.2 Å². The second kappa shape index (κ2) is 4.65. The van der Waals surface area contributed by atoms with E-state index in [9.17, 15) is 9.59 Å². The molecule has 0 spiro atoms. The van der Waals surface area contributed by atoms with E-state index in [-0.39, 0.29) is 16.9 Å². The molecule has 0 amide bonds. The van der Waals surface area contributed by atoms with E-state index in [2.05, 4.69) is 16.1 Å². The summed E-state index contributed by atoms with van der Waals surface area (Å²) in [5.74, 6) is -1.15. The van der Waals surface area contributed by atoms with Gasteiger partial charge in [0.25, 0.3) is 0 Å². The molecule has 0 atom stereocenters. The zero-order valence-electron chi connectivity index (χ0n) is 9.33. The Morgan fingerprint density at radius 3 is 2.44 bits per heavy atom. The molecule has 0 N–H and O–H groups in total. The van der Waals surface area contributed by atoms with Gasteiger partial charge in [-0.05, 0) is 6.92 Å². The van der Waals surface area contributed by atoms with Crippen molar-refractivity contribution in [3.05, 3.63) is 29.7 Å². The minimum atomic E-state index is -0.653. The highest BCUT2D eigenvalue weighted by atomic mass is 16.5. The summed E-state index contributed by atoms with van der Waals surface area (Å²) < 4.78 is 14.2. The number of rotatable bonds is 3. The lowest BCUT2D eigenvalue weighted by atomic mass is 10.1. The minimum Gasteiger partial charge on any atom is -0.465 e. The molecular formula is C11H12O5. The van der Waals surface area contributed by atoms with Crippen LogP contribution in [0.2, 0.25) is 0 Å². The molecule has 0 unspecified atom stereocenters. The van der Waals surface area contributed by atoms with Crippen molar-refractivity contribution in [1.29, 1.82) is 0 Å². The summed E-state index contributed by atoms with van der Waals surface area (Å²) in [7, 11) is 2.47. The molecule has 0 radical (unpaired) electrons. The Labute approximate surface area is 92.6 Å². The molecule has 1 heterocycles. The molecule has 0 saturated heterocycles. The maximum Gasteiger partial charge on any atom is 0.342 e. The highest BCUT2D eigenvalue weighted by molar-refractivity contribution is 6.17. The van der Waals surface area contributed by atoms with Gasteiger partial charge in [-0.2, -0.15) is 0 Å². The first kappa shape index (κ1) is 12.0. The van der Waals surface area contributed by atoms with E-state index in [1.54, 1.807) is 6.92 Å². The second-order valence-electron chi connectivity index (χ2n) is 3.08. The monoisotopic (exact) mass is 224 g/mol. The summed E-state index contributed by atoms with van der Waals surface area (Å²) in [4.78, 5) is 22.7. The van der Waals surface area contributed by atoms with Gasteiger partial charge in [0, 0.05) is 5.56 Å². The first-order valence-corrected chi connectivity index (χ1v) is 4.47. The summed E-state index contributed by atoms with van der Waals surface area (Å²) in [5.41, 5.74) is 0.751. The Kier molecular flexibility index (Phi) is 3.50. The van der Waals surface area contributed by atoms with Crippen LogP contribution in [-0.2, 0) is 14.3 Å². The number of carbonyl (C=O) groups excluding carboxylic acids is 2. The highest BCUT2D eigenvalue weighted by Crippen LogP contribution is 2.24. The summed E-state index contributed by atoms with van der Waals surface area (Å²) >= 11 is 0. The minimum absolute atomic E-state index is 0.0176. The summed E-state index contributed by atoms with van der Waals surface area (Å²) in [6.07, 6.45) is 1.36. The highest BCUT2D eigenvalue weighted by Gasteiger charge is 2.24. The lowest BCUT2D eigenvalue weighted by Gasteiger charge is -2.03. The fraction of sp³-hybridized carbons (Fsp3) is 0.273. The van der Waals surface area contributed by atoms with Crippen LogP contribution in [0.25, 0.3) is 5.57 Å². The van der Waals surface area contributed by atoms with Crippen LogP contribution in [-0.4, -0.2) is 26.2 Å². The third kappa shape index (κ3) is 1.98. The molecule has 1 rings (SSSR count). The normalized spacial score (nSPS) is 9.69. The number of furan rings is 1. The fourth-order valence-corrected chi connectivity index (χ4v) is 1.24. The van der Waals surface area contributed by atoms with Gasteiger partial charge >= 0.3 is 11.9 Å². The SMILES string of the molecule is C=C(C(=O)OC)c1occ(C)c1C(=O)OC. The molecule has 5 heteroatoms. The Hall–Kier alpha value is -2.04. The zero-order valence-corrected chi connectivity index (χ0v) is 9.33. The Morgan fingerprint density at radius 1 is 1.31 bits per heavy atom. The van der Waals surface area contributed by atoms with Gasteiger partial charge in [-0.1, -0.05) is 6.58 Å². The average molecular weight is 224 g/mol. The molecular weight excluding hydrogens is 212 g/mol. The van der Waals surface area contributed by atoms with Crippen LogP contribution in [0.1, 0.15) is 21.7 Å². The molecule has 0 fully saturated rings. The van der Waals surface area contributed by atoms with Crippen LogP contribution in [0.15, 0.2) is 17.3 Å². The van der Waals surface area contributed by atoms with E-state index in [4.69, 9.17) is 4.42 Å².